The van der Waals surface area contributed by atoms with Crippen molar-refractivity contribution in [3.8, 4) is 16.3 Å². The summed E-state index contributed by atoms with van der Waals surface area (Å²) in [6.45, 7) is 7.46. The van der Waals surface area contributed by atoms with E-state index < -0.39 is 0 Å². The summed E-state index contributed by atoms with van der Waals surface area (Å²) < 4.78 is 2.09. The van der Waals surface area contributed by atoms with Crippen molar-refractivity contribution in [3.63, 3.8) is 0 Å². The zero-order chi connectivity index (χ0) is 15.3. The van der Waals surface area contributed by atoms with Gasteiger partial charge in [-0.2, -0.15) is 5.10 Å². The molecular weight excluding hydrogens is 290 g/mol. The van der Waals surface area contributed by atoms with E-state index in [-0.39, 0.29) is 0 Å². The number of aromatic nitrogens is 2. The van der Waals surface area contributed by atoms with Gasteiger partial charge in [0, 0.05) is 12.1 Å². The van der Waals surface area contributed by atoms with Crippen molar-refractivity contribution in [2.75, 3.05) is 11.9 Å². The van der Waals surface area contributed by atoms with Gasteiger partial charge in [0.2, 0.25) is 0 Å². The quantitative estimate of drug-likeness (QED) is 0.755. The molecule has 0 bridgehead atoms. The average molecular weight is 309 g/mol. The van der Waals surface area contributed by atoms with Crippen molar-refractivity contribution in [2.45, 2.75) is 27.2 Å². The van der Waals surface area contributed by atoms with Crippen LogP contribution in [-0.4, -0.2) is 16.3 Å². The van der Waals surface area contributed by atoms with E-state index in [0.717, 1.165) is 24.5 Å². The van der Waals surface area contributed by atoms with Crippen molar-refractivity contribution < 1.29 is 0 Å². The minimum absolute atomic E-state index is 0.995. The van der Waals surface area contributed by atoms with Crippen LogP contribution in [0.2, 0.25) is 0 Å². The van der Waals surface area contributed by atoms with Gasteiger partial charge in [-0.05, 0) is 61.4 Å². The predicted molar refractivity (Wildman–Crippen MR) is 93.3 cm³/mol. The van der Waals surface area contributed by atoms with Crippen molar-refractivity contribution in [1.82, 2.24) is 9.78 Å². The first kappa shape index (κ1) is 13.6. The van der Waals surface area contributed by atoms with Gasteiger partial charge in [0.1, 0.15) is 11.5 Å². The Morgan fingerprint density at radius 1 is 1.23 bits per heavy atom. The number of hydrogen-bond acceptors (Lipinski definition) is 3. The Labute approximate surface area is 134 Å². The summed E-state index contributed by atoms with van der Waals surface area (Å²) in [5.74, 6) is 1.16. The van der Waals surface area contributed by atoms with Gasteiger partial charge < -0.3 is 5.32 Å². The SMILES string of the molecule is Cc1csc(-c2nn(-c3cccc(C)c3C)c3c2CCN3)c1. The molecule has 3 aromatic rings. The normalized spacial score (nSPS) is 13.2. The second kappa shape index (κ2) is 4.99. The molecule has 3 heterocycles. The highest BCUT2D eigenvalue weighted by Crippen LogP contribution is 2.37. The molecule has 2 aromatic heterocycles. The molecule has 1 N–H and O–H groups in total. The first-order valence-electron chi connectivity index (χ1n) is 7.63. The lowest BCUT2D eigenvalue weighted by Gasteiger charge is -2.11. The van der Waals surface area contributed by atoms with Gasteiger partial charge >= 0.3 is 0 Å². The molecule has 1 aromatic carbocycles. The summed E-state index contributed by atoms with van der Waals surface area (Å²) in [5.41, 5.74) is 7.55. The Kier molecular flexibility index (Phi) is 3.08. The molecule has 112 valence electrons. The van der Waals surface area contributed by atoms with Crippen molar-refractivity contribution in [3.05, 3.63) is 51.9 Å². The molecule has 0 spiro atoms. The molecule has 4 rings (SSSR count). The highest BCUT2D eigenvalue weighted by molar-refractivity contribution is 7.13. The fourth-order valence-corrected chi connectivity index (χ4v) is 3.98. The van der Waals surface area contributed by atoms with Gasteiger partial charge in [0.15, 0.2) is 0 Å². The number of aryl methyl sites for hydroxylation is 2. The summed E-state index contributed by atoms with van der Waals surface area (Å²) in [4.78, 5) is 1.27. The molecule has 0 aliphatic carbocycles. The predicted octanol–water partition coefficient (Wildman–Crippen LogP) is 4.49. The monoisotopic (exact) mass is 309 g/mol. The van der Waals surface area contributed by atoms with Crippen LogP contribution in [0.3, 0.4) is 0 Å². The van der Waals surface area contributed by atoms with Gasteiger partial charge in [0.25, 0.3) is 0 Å². The second-order valence-corrected chi connectivity index (χ2v) is 6.88. The number of thiophene rings is 1. The molecular formula is C18H19N3S. The molecule has 0 amide bonds. The summed E-state index contributed by atoms with van der Waals surface area (Å²) in [6, 6.07) is 8.65. The van der Waals surface area contributed by atoms with Gasteiger partial charge in [0.05, 0.1) is 10.6 Å². The van der Waals surface area contributed by atoms with Gasteiger partial charge in [-0.1, -0.05) is 12.1 Å². The molecule has 0 unspecified atom stereocenters. The molecule has 0 atom stereocenters. The van der Waals surface area contributed by atoms with Crippen LogP contribution in [0, 0.1) is 20.8 Å². The third kappa shape index (κ3) is 1.98. The van der Waals surface area contributed by atoms with E-state index in [2.05, 4.69) is 60.4 Å². The van der Waals surface area contributed by atoms with Crippen molar-refractivity contribution in [2.24, 2.45) is 0 Å². The first-order valence-corrected chi connectivity index (χ1v) is 8.51. The third-order valence-electron chi connectivity index (χ3n) is 4.42. The number of benzene rings is 1. The largest absolute Gasteiger partial charge is 0.369 e. The Balaban J connectivity index is 1.93. The topological polar surface area (TPSA) is 29.9 Å². The average Bonchev–Trinajstić information content (AvgIpc) is 3.18. The van der Waals surface area contributed by atoms with Crippen molar-refractivity contribution >= 4 is 17.2 Å². The van der Waals surface area contributed by atoms with E-state index in [1.165, 1.54) is 32.8 Å². The lowest BCUT2D eigenvalue weighted by Crippen LogP contribution is -2.06. The summed E-state index contributed by atoms with van der Waals surface area (Å²) in [7, 11) is 0. The van der Waals surface area contributed by atoms with E-state index in [0.29, 0.717) is 0 Å². The number of anilines is 1. The molecule has 0 saturated heterocycles. The Hall–Kier alpha value is -2.07. The van der Waals surface area contributed by atoms with E-state index in [4.69, 9.17) is 5.10 Å². The first-order chi connectivity index (χ1) is 10.6. The smallest absolute Gasteiger partial charge is 0.133 e. The van der Waals surface area contributed by atoms with Gasteiger partial charge in [-0.25, -0.2) is 4.68 Å². The van der Waals surface area contributed by atoms with Crippen LogP contribution in [0.1, 0.15) is 22.3 Å². The Morgan fingerprint density at radius 3 is 2.86 bits per heavy atom. The highest BCUT2D eigenvalue weighted by atomic mass is 32.1. The lowest BCUT2D eigenvalue weighted by molar-refractivity contribution is 0.874. The van der Waals surface area contributed by atoms with Crippen LogP contribution in [0.25, 0.3) is 16.3 Å². The van der Waals surface area contributed by atoms with E-state index in [9.17, 15) is 0 Å². The van der Waals surface area contributed by atoms with Crippen LogP contribution < -0.4 is 5.32 Å². The fourth-order valence-electron chi connectivity index (χ4n) is 3.07. The van der Waals surface area contributed by atoms with Crippen LogP contribution >= 0.6 is 11.3 Å². The van der Waals surface area contributed by atoms with E-state index in [1.807, 2.05) is 0 Å². The highest BCUT2D eigenvalue weighted by Gasteiger charge is 2.25. The lowest BCUT2D eigenvalue weighted by atomic mass is 10.1. The number of rotatable bonds is 2. The maximum atomic E-state index is 4.95. The second-order valence-electron chi connectivity index (χ2n) is 5.97. The Morgan fingerprint density at radius 2 is 2.09 bits per heavy atom. The maximum absolute atomic E-state index is 4.95. The van der Waals surface area contributed by atoms with E-state index >= 15 is 0 Å². The van der Waals surface area contributed by atoms with Crippen LogP contribution in [0.15, 0.2) is 29.6 Å². The zero-order valence-electron chi connectivity index (χ0n) is 13.1. The summed E-state index contributed by atoms with van der Waals surface area (Å²) in [5, 5.41) is 10.7. The minimum Gasteiger partial charge on any atom is -0.369 e. The van der Waals surface area contributed by atoms with Gasteiger partial charge in [-0.3, -0.25) is 0 Å². The maximum Gasteiger partial charge on any atom is 0.133 e. The van der Waals surface area contributed by atoms with Gasteiger partial charge in [-0.15, -0.1) is 11.3 Å². The molecule has 0 fully saturated rings. The molecule has 4 heteroatoms. The Bertz CT molecular complexity index is 857. The third-order valence-corrected chi connectivity index (χ3v) is 5.47. The number of nitrogens with zero attached hydrogens (tertiary/aromatic N) is 2. The molecule has 0 saturated carbocycles. The fraction of sp³-hybridized carbons (Fsp3) is 0.278. The van der Waals surface area contributed by atoms with Crippen LogP contribution in [0.4, 0.5) is 5.82 Å². The zero-order valence-corrected chi connectivity index (χ0v) is 13.9. The number of hydrogen-bond donors (Lipinski definition) is 1. The molecule has 1 aliphatic rings. The number of nitrogens with one attached hydrogen (secondary N) is 1. The van der Waals surface area contributed by atoms with Crippen LogP contribution in [0.5, 0.6) is 0 Å². The molecule has 1 aliphatic heterocycles. The summed E-state index contributed by atoms with van der Waals surface area (Å²) >= 11 is 1.78. The number of fused-ring (bicyclic) bond motifs is 1. The minimum atomic E-state index is 0.995. The molecule has 22 heavy (non-hydrogen) atoms. The van der Waals surface area contributed by atoms with Crippen LogP contribution in [-0.2, 0) is 6.42 Å². The standard InChI is InChI=1S/C18H19N3S/c1-11-9-16(22-10-11)17-14-7-8-19-18(14)21(20-17)15-6-4-5-12(2)13(15)3/h4-6,9-10,19H,7-8H2,1-3H3. The summed E-state index contributed by atoms with van der Waals surface area (Å²) in [6.07, 6.45) is 1.05. The molecule has 3 nitrogen and oxygen atoms in total. The van der Waals surface area contributed by atoms with Crippen molar-refractivity contribution in [1.29, 1.82) is 0 Å². The molecule has 0 radical (unpaired) electrons. The van der Waals surface area contributed by atoms with E-state index in [1.54, 1.807) is 11.3 Å².